The van der Waals surface area contributed by atoms with Gasteiger partial charge in [-0.25, -0.2) is 0 Å². The maximum Gasteiger partial charge on any atom is 0.257 e. The third-order valence-corrected chi connectivity index (χ3v) is 2.83. The molecule has 6 nitrogen and oxygen atoms in total. The molecule has 0 fully saturated rings. The summed E-state index contributed by atoms with van der Waals surface area (Å²) in [4.78, 5) is 34.2. The van der Waals surface area contributed by atoms with Gasteiger partial charge in [-0.05, 0) is 30.3 Å². The van der Waals surface area contributed by atoms with E-state index in [1.165, 1.54) is 0 Å². The Kier molecular flexibility index (Phi) is 5.25. The molecular formula is C17H13N2O4-. The number of rotatable bonds is 5. The molecule has 0 aromatic heterocycles. The van der Waals surface area contributed by atoms with Crippen LogP contribution in [-0.2, 0) is 9.59 Å². The second-order valence-corrected chi connectivity index (χ2v) is 4.51. The van der Waals surface area contributed by atoms with Crippen LogP contribution in [0.1, 0.15) is 10.4 Å². The highest BCUT2D eigenvalue weighted by molar-refractivity contribution is 6.11. The van der Waals surface area contributed by atoms with Crippen LogP contribution in [0.4, 0.5) is 11.4 Å². The Morgan fingerprint density at radius 1 is 0.826 bits per heavy atom. The fourth-order valence-corrected chi connectivity index (χ4v) is 1.83. The van der Waals surface area contributed by atoms with Crippen LogP contribution in [0.15, 0.2) is 66.7 Å². The van der Waals surface area contributed by atoms with Gasteiger partial charge in [0.1, 0.15) is 0 Å². The summed E-state index contributed by atoms with van der Waals surface area (Å²) in [5, 5.41) is 15.5. The largest absolute Gasteiger partial charge is 0.545 e. The van der Waals surface area contributed by atoms with Crippen molar-refractivity contribution in [1.82, 2.24) is 0 Å². The number of carboxylic acids is 1. The monoisotopic (exact) mass is 309 g/mol. The lowest BCUT2D eigenvalue weighted by atomic mass is 10.1. The minimum absolute atomic E-state index is 0.256. The topological polar surface area (TPSA) is 98.3 Å². The summed E-state index contributed by atoms with van der Waals surface area (Å²) < 4.78 is 0. The molecule has 0 aliphatic rings. The second kappa shape index (κ2) is 7.56. The van der Waals surface area contributed by atoms with Crippen LogP contribution in [0.3, 0.4) is 0 Å². The number of aliphatic carboxylic acids is 1. The van der Waals surface area contributed by atoms with Crippen molar-refractivity contribution in [3.05, 3.63) is 72.3 Å². The molecule has 0 bridgehead atoms. The van der Waals surface area contributed by atoms with Crippen LogP contribution < -0.4 is 15.7 Å². The van der Waals surface area contributed by atoms with Gasteiger partial charge >= 0.3 is 0 Å². The van der Waals surface area contributed by atoms with Gasteiger partial charge in [-0.1, -0.05) is 30.3 Å². The zero-order valence-electron chi connectivity index (χ0n) is 12.0. The molecule has 2 aromatic carbocycles. The Balaban J connectivity index is 2.15. The summed E-state index contributed by atoms with van der Waals surface area (Å²) in [6, 6.07) is 15.3. The fraction of sp³-hybridized carbons (Fsp3) is 0. The van der Waals surface area contributed by atoms with Crippen molar-refractivity contribution in [2.75, 3.05) is 10.6 Å². The molecule has 2 N–H and O–H groups in total. The molecule has 0 unspecified atom stereocenters. The normalized spacial score (nSPS) is 10.3. The predicted octanol–water partition coefficient (Wildman–Crippen LogP) is 1.18. The number of benzene rings is 2. The molecule has 0 aliphatic heterocycles. The number of carbonyl (C=O) groups excluding carboxylic acids is 3. The van der Waals surface area contributed by atoms with Crippen LogP contribution in [0, 0.1) is 0 Å². The molecule has 0 radical (unpaired) electrons. The van der Waals surface area contributed by atoms with Gasteiger partial charge in [-0.3, -0.25) is 9.59 Å². The highest BCUT2D eigenvalue weighted by Crippen LogP contribution is 2.17. The second-order valence-electron chi connectivity index (χ2n) is 4.51. The van der Waals surface area contributed by atoms with Crippen molar-refractivity contribution >= 4 is 29.2 Å². The van der Waals surface area contributed by atoms with Crippen LogP contribution in [-0.4, -0.2) is 17.8 Å². The Hall–Kier alpha value is -3.41. The van der Waals surface area contributed by atoms with E-state index in [0.717, 1.165) is 6.08 Å². The van der Waals surface area contributed by atoms with Crippen LogP contribution in [0.2, 0.25) is 0 Å². The maximum atomic E-state index is 12.3. The number of hydrogen-bond donors (Lipinski definition) is 2. The van der Waals surface area contributed by atoms with Crippen molar-refractivity contribution < 1.29 is 19.5 Å². The van der Waals surface area contributed by atoms with Crippen molar-refractivity contribution in [1.29, 1.82) is 0 Å². The van der Waals surface area contributed by atoms with Gasteiger partial charge < -0.3 is 20.5 Å². The standard InChI is InChI=1S/C17H14N2O4/c20-15(10-11-16(21)22)19-14-9-5-4-8-13(14)17(23)18-12-6-2-1-3-7-12/h1-11H,(H,18,23)(H,19,20)(H,21,22)/p-1. The van der Waals surface area contributed by atoms with E-state index in [-0.39, 0.29) is 11.3 Å². The summed E-state index contributed by atoms with van der Waals surface area (Å²) in [6.45, 7) is 0. The molecule has 6 heteroatoms. The first kappa shape index (κ1) is 16.0. The number of amides is 2. The number of hydrogen-bond acceptors (Lipinski definition) is 4. The van der Waals surface area contributed by atoms with E-state index in [1.807, 2.05) is 6.07 Å². The zero-order valence-corrected chi connectivity index (χ0v) is 12.0. The van der Waals surface area contributed by atoms with Gasteiger partial charge in [0.2, 0.25) is 5.91 Å². The lowest BCUT2D eigenvalue weighted by Crippen LogP contribution is -2.20. The lowest BCUT2D eigenvalue weighted by Gasteiger charge is -2.10. The fourth-order valence-electron chi connectivity index (χ4n) is 1.83. The van der Waals surface area contributed by atoms with Crippen LogP contribution >= 0.6 is 0 Å². The van der Waals surface area contributed by atoms with E-state index in [1.54, 1.807) is 48.5 Å². The molecule has 2 aromatic rings. The molecule has 0 saturated heterocycles. The van der Waals surface area contributed by atoms with Crippen LogP contribution in [0.5, 0.6) is 0 Å². The molecule has 116 valence electrons. The minimum atomic E-state index is -1.48. The van der Waals surface area contributed by atoms with Gasteiger partial charge in [0.15, 0.2) is 0 Å². The van der Waals surface area contributed by atoms with Crippen molar-refractivity contribution in [3.63, 3.8) is 0 Å². The van der Waals surface area contributed by atoms with Crippen molar-refractivity contribution in [3.8, 4) is 0 Å². The molecule has 0 spiro atoms. The Bertz CT molecular complexity index is 754. The molecule has 0 atom stereocenters. The molecule has 23 heavy (non-hydrogen) atoms. The SMILES string of the molecule is O=C([O-])C=CC(=O)Nc1ccccc1C(=O)Nc1ccccc1. The molecular weight excluding hydrogens is 296 g/mol. The average molecular weight is 309 g/mol. The van der Waals surface area contributed by atoms with Gasteiger partial charge in [0.05, 0.1) is 17.2 Å². The summed E-state index contributed by atoms with van der Waals surface area (Å²) in [5.74, 6) is -2.54. The van der Waals surface area contributed by atoms with Crippen LogP contribution in [0.25, 0.3) is 0 Å². The number of nitrogens with one attached hydrogen (secondary N) is 2. The molecule has 2 rings (SSSR count). The Morgan fingerprint density at radius 2 is 1.48 bits per heavy atom. The number of para-hydroxylation sites is 2. The summed E-state index contributed by atoms with van der Waals surface area (Å²) in [6.07, 6.45) is 1.43. The van der Waals surface area contributed by atoms with E-state index >= 15 is 0 Å². The summed E-state index contributed by atoms with van der Waals surface area (Å²) >= 11 is 0. The third kappa shape index (κ3) is 4.82. The molecule has 2 amide bonds. The van der Waals surface area contributed by atoms with E-state index in [9.17, 15) is 19.5 Å². The first-order chi connectivity index (χ1) is 11.1. The zero-order chi connectivity index (χ0) is 16.7. The van der Waals surface area contributed by atoms with E-state index in [2.05, 4.69) is 10.6 Å². The van der Waals surface area contributed by atoms with Crippen molar-refractivity contribution in [2.24, 2.45) is 0 Å². The Morgan fingerprint density at radius 3 is 2.17 bits per heavy atom. The molecule has 0 heterocycles. The van der Waals surface area contributed by atoms with E-state index in [0.29, 0.717) is 11.8 Å². The van der Waals surface area contributed by atoms with Gasteiger partial charge in [0.25, 0.3) is 5.91 Å². The number of carboxylic acid groups (broad SMARTS) is 1. The highest BCUT2D eigenvalue weighted by Gasteiger charge is 2.12. The van der Waals surface area contributed by atoms with E-state index in [4.69, 9.17) is 0 Å². The third-order valence-electron chi connectivity index (χ3n) is 2.83. The van der Waals surface area contributed by atoms with Gasteiger partial charge in [0, 0.05) is 11.8 Å². The smallest absolute Gasteiger partial charge is 0.257 e. The molecule has 0 saturated carbocycles. The first-order valence-corrected chi connectivity index (χ1v) is 6.72. The average Bonchev–Trinajstić information content (AvgIpc) is 2.54. The first-order valence-electron chi connectivity index (χ1n) is 6.72. The van der Waals surface area contributed by atoms with Gasteiger partial charge in [-0.2, -0.15) is 0 Å². The maximum absolute atomic E-state index is 12.3. The summed E-state index contributed by atoms with van der Waals surface area (Å²) in [7, 11) is 0. The number of carbonyl (C=O) groups is 3. The van der Waals surface area contributed by atoms with Gasteiger partial charge in [-0.15, -0.1) is 0 Å². The highest BCUT2D eigenvalue weighted by atomic mass is 16.4. The molecule has 0 aliphatic carbocycles. The lowest BCUT2D eigenvalue weighted by molar-refractivity contribution is -0.297. The Labute approximate surface area is 132 Å². The predicted molar refractivity (Wildman–Crippen MR) is 83.6 cm³/mol. The number of anilines is 2. The summed E-state index contributed by atoms with van der Waals surface area (Å²) in [5.41, 5.74) is 1.15. The quantitative estimate of drug-likeness (QED) is 0.810. The van der Waals surface area contributed by atoms with E-state index < -0.39 is 17.8 Å². The van der Waals surface area contributed by atoms with Crippen molar-refractivity contribution in [2.45, 2.75) is 0 Å². The minimum Gasteiger partial charge on any atom is -0.545 e.